The molecule has 0 fully saturated rings. The van der Waals surface area contributed by atoms with Crippen LogP contribution in [0.25, 0.3) is 10.2 Å². The van der Waals surface area contributed by atoms with E-state index in [2.05, 4.69) is 15.3 Å². The van der Waals surface area contributed by atoms with E-state index in [4.69, 9.17) is 0 Å². The third kappa shape index (κ3) is 3.68. The summed E-state index contributed by atoms with van der Waals surface area (Å²) in [7, 11) is 1.92. The van der Waals surface area contributed by atoms with Crippen LogP contribution in [0.1, 0.15) is 9.88 Å². The Morgan fingerprint density at radius 2 is 2.14 bits per heavy atom. The lowest BCUT2D eigenvalue weighted by Gasteiger charge is -2.14. The molecular formula is C15H16N4OS2. The van der Waals surface area contributed by atoms with Crippen molar-refractivity contribution < 1.29 is 4.79 Å². The number of benzene rings is 1. The van der Waals surface area contributed by atoms with Gasteiger partial charge in [0.2, 0.25) is 5.91 Å². The lowest BCUT2D eigenvalue weighted by molar-refractivity contribution is -0.117. The summed E-state index contributed by atoms with van der Waals surface area (Å²) in [5.74, 6) is -0.0530. The van der Waals surface area contributed by atoms with Crippen molar-refractivity contribution in [2.24, 2.45) is 0 Å². The van der Waals surface area contributed by atoms with Crippen molar-refractivity contribution in [1.82, 2.24) is 14.9 Å². The number of para-hydroxylation sites is 1. The van der Waals surface area contributed by atoms with E-state index in [-0.39, 0.29) is 5.91 Å². The second-order valence-corrected chi connectivity index (χ2v) is 7.40. The second kappa shape index (κ2) is 6.51. The molecule has 114 valence electrons. The maximum atomic E-state index is 12.1. The van der Waals surface area contributed by atoms with E-state index in [1.165, 1.54) is 11.3 Å². The van der Waals surface area contributed by atoms with Crippen molar-refractivity contribution in [3.63, 3.8) is 0 Å². The summed E-state index contributed by atoms with van der Waals surface area (Å²) in [6, 6.07) is 7.86. The maximum absolute atomic E-state index is 12.1. The van der Waals surface area contributed by atoms with E-state index >= 15 is 0 Å². The first-order valence-corrected chi connectivity index (χ1v) is 8.49. The Morgan fingerprint density at radius 3 is 2.86 bits per heavy atom. The molecule has 1 N–H and O–H groups in total. The Bertz CT molecular complexity index is 763. The number of fused-ring (bicyclic) bond motifs is 1. The first kappa shape index (κ1) is 15.1. The number of rotatable bonds is 5. The highest BCUT2D eigenvalue weighted by Crippen LogP contribution is 2.25. The van der Waals surface area contributed by atoms with Gasteiger partial charge in [-0.05, 0) is 26.1 Å². The highest BCUT2D eigenvalue weighted by Gasteiger charge is 2.11. The van der Waals surface area contributed by atoms with Crippen molar-refractivity contribution in [3.05, 3.63) is 40.3 Å². The molecule has 0 radical (unpaired) electrons. The van der Waals surface area contributed by atoms with Crippen LogP contribution in [0.3, 0.4) is 0 Å². The van der Waals surface area contributed by atoms with Crippen molar-refractivity contribution in [2.75, 3.05) is 18.9 Å². The summed E-state index contributed by atoms with van der Waals surface area (Å²) < 4.78 is 1.08. The van der Waals surface area contributed by atoms with Gasteiger partial charge in [0.15, 0.2) is 5.13 Å². The van der Waals surface area contributed by atoms with Crippen LogP contribution < -0.4 is 5.32 Å². The zero-order valence-electron chi connectivity index (χ0n) is 12.4. The van der Waals surface area contributed by atoms with Crippen molar-refractivity contribution in [3.8, 4) is 0 Å². The minimum absolute atomic E-state index is 0.0530. The summed E-state index contributed by atoms with van der Waals surface area (Å²) in [6.45, 7) is 3.03. The Labute approximate surface area is 136 Å². The van der Waals surface area contributed by atoms with Gasteiger partial charge in [-0.15, -0.1) is 11.3 Å². The van der Waals surface area contributed by atoms with Crippen molar-refractivity contribution in [2.45, 2.75) is 13.5 Å². The smallest absolute Gasteiger partial charge is 0.240 e. The van der Waals surface area contributed by atoms with Gasteiger partial charge in [0.25, 0.3) is 0 Å². The van der Waals surface area contributed by atoms with E-state index in [0.717, 1.165) is 26.6 Å². The fourth-order valence-corrected chi connectivity index (χ4v) is 3.89. The number of nitrogens with zero attached hydrogens (tertiary/aromatic N) is 3. The zero-order chi connectivity index (χ0) is 15.5. The van der Waals surface area contributed by atoms with Gasteiger partial charge < -0.3 is 5.32 Å². The van der Waals surface area contributed by atoms with Gasteiger partial charge in [0.05, 0.1) is 21.8 Å². The summed E-state index contributed by atoms with van der Waals surface area (Å²) in [5, 5.41) is 4.56. The molecule has 3 rings (SSSR count). The molecule has 0 saturated carbocycles. The number of hydrogen-bond acceptors (Lipinski definition) is 6. The molecule has 22 heavy (non-hydrogen) atoms. The highest BCUT2D eigenvalue weighted by atomic mass is 32.1. The molecule has 0 atom stereocenters. The van der Waals surface area contributed by atoms with Gasteiger partial charge in [0.1, 0.15) is 0 Å². The van der Waals surface area contributed by atoms with Crippen LogP contribution in [0, 0.1) is 6.92 Å². The van der Waals surface area contributed by atoms with Crippen LogP contribution in [0.2, 0.25) is 0 Å². The maximum Gasteiger partial charge on any atom is 0.240 e. The number of likely N-dealkylation sites (N-methyl/N-ethyl adjacent to an activating group) is 1. The standard InChI is InChI=1S/C15H16N4OS2/c1-10-16-7-11(21-10)8-19(2)9-14(20)18-15-17-12-5-3-4-6-13(12)22-15/h3-7H,8-9H2,1-2H3,(H,17,18,20). The van der Waals surface area contributed by atoms with Gasteiger partial charge in [-0.3, -0.25) is 9.69 Å². The molecule has 3 aromatic rings. The predicted octanol–water partition coefficient (Wildman–Crippen LogP) is 3.13. The van der Waals surface area contributed by atoms with Crippen LogP contribution in [-0.2, 0) is 11.3 Å². The normalized spacial score (nSPS) is 11.2. The number of amides is 1. The first-order chi connectivity index (χ1) is 10.6. The molecule has 7 heteroatoms. The fraction of sp³-hybridized carbons (Fsp3) is 0.267. The second-order valence-electron chi connectivity index (χ2n) is 5.05. The minimum atomic E-state index is -0.0530. The molecule has 1 amide bonds. The zero-order valence-corrected chi connectivity index (χ0v) is 14.0. The summed E-state index contributed by atoms with van der Waals surface area (Å²) in [6.07, 6.45) is 1.86. The van der Waals surface area contributed by atoms with Gasteiger partial charge >= 0.3 is 0 Å². The quantitative estimate of drug-likeness (QED) is 0.780. The Kier molecular flexibility index (Phi) is 4.47. The number of thiazole rings is 2. The Morgan fingerprint density at radius 1 is 1.32 bits per heavy atom. The third-order valence-electron chi connectivity index (χ3n) is 3.05. The van der Waals surface area contributed by atoms with Gasteiger partial charge in [-0.1, -0.05) is 23.5 Å². The SMILES string of the molecule is Cc1ncc(CN(C)CC(=O)Nc2nc3ccccc3s2)s1. The van der Waals surface area contributed by atoms with Gasteiger partial charge in [-0.25, -0.2) is 9.97 Å². The van der Waals surface area contributed by atoms with Gasteiger partial charge in [-0.2, -0.15) is 0 Å². The molecule has 0 unspecified atom stereocenters. The lowest BCUT2D eigenvalue weighted by atomic mass is 10.3. The van der Waals surface area contributed by atoms with Crippen LogP contribution in [0.4, 0.5) is 5.13 Å². The topological polar surface area (TPSA) is 58.1 Å². The predicted molar refractivity (Wildman–Crippen MR) is 91.4 cm³/mol. The molecule has 0 aliphatic rings. The van der Waals surface area contributed by atoms with E-state index < -0.39 is 0 Å². The van der Waals surface area contributed by atoms with E-state index in [9.17, 15) is 4.79 Å². The summed E-state index contributed by atoms with van der Waals surface area (Å²) in [5.41, 5.74) is 0.913. The van der Waals surface area contributed by atoms with Crippen LogP contribution in [0.15, 0.2) is 30.5 Å². The molecule has 2 heterocycles. The molecule has 5 nitrogen and oxygen atoms in total. The minimum Gasteiger partial charge on any atom is -0.301 e. The third-order valence-corrected chi connectivity index (χ3v) is 4.90. The number of hydrogen-bond donors (Lipinski definition) is 1. The number of anilines is 1. The van der Waals surface area contributed by atoms with E-state index in [0.29, 0.717) is 11.7 Å². The van der Waals surface area contributed by atoms with E-state index in [1.807, 2.05) is 49.3 Å². The van der Waals surface area contributed by atoms with Crippen LogP contribution >= 0.6 is 22.7 Å². The average molecular weight is 332 g/mol. The molecule has 0 aliphatic heterocycles. The molecular weight excluding hydrogens is 316 g/mol. The van der Waals surface area contributed by atoms with Crippen molar-refractivity contribution in [1.29, 1.82) is 0 Å². The van der Waals surface area contributed by atoms with E-state index in [1.54, 1.807) is 11.3 Å². The first-order valence-electron chi connectivity index (χ1n) is 6.85. The van der Waals surface area contributed by atoms with Crippen molar-refractivity contribution >= 4 is 43.9 Å². The molecule has 0 bridgehead atoms. The number of aryl methyl sites for hydroxylation is 1. The molecule has 0 aliphatic carbocycles. The number of nitrogens with one attached hydrogen (secondary N) is 1. The lowest BCUT2D eigenvalue weighted by Crippen LogP contribution is -2.29. The number of aromatic nitrogens is 2. The monoisotopic (exact) mass is 332 g/mol. The average Bonchev–Trinajstić information content (AvgIpc) is 3.03. The molecule has 1 aromatic carbocycles. The van der Waals surface area contributed by atoms with Crippen LogP contribution in [-0.4, -0.2) is 34.4 Å². The molecule has 2 aromatic heterocycles. The van der Waals surface area contributed by atoms with Crippen LogP contribution in [0.5, 0.6) is 0 Å². The Balaban J connectivity index is 1.57. The summed E-state index contributed by atoms with van der Waals surface area (Å²) in [4.78, 5) is 23.9. The largest absolute Gasteiger partial charge is 0.301 e. The number of carbonyl (C=O) groups excluding carboxylic acids is 1. The number of carbonyl (C=O) groups is 1. The fourth-order valence-electron chi connectivity index (χ4n) is 2.13. The Hall–Kier alpha value is -1.83. The van der Waals surface area contributed by atoms with Gasteiger partial charge in [0, 0.05) is 17.6 Å². The highest BCUT2D eigenvalue weighted by molar-refractivity contribution is 7.22. The molecule has 0 saturated heterocycles. The summed E-state index contributed by atoms with van der Waals surface area (Å²) >= 11 is 3.15. The molecule has 0 spiro atoms.